The molecule has 0 unspecified atom stereocenters. The number of aromatic hydroxyl groups is 4. The van der Waals surface area contributed by atoms with E-state index in [1.165, 1.54) is 44.5 Å². The van der Waals surface area contributed by atoms with Crippen molar-refractivity contribution in [2.24, 2.45) is 20.0 Å². The Hall–Kier alpha value is -13.2. The van der Waals surface area contributed by atoms with Gasteiger partial charge in [-0.1, -0.05) is 307 Å². The average Bonchev–Trinajstić information content (AvgIpc) is 1.58. The quantitative estimate of drug-likeness (QED) is 0.0718. The van der Waals surface area contributed by atoms with Gasteiger partial charge in [0.1, 0.15) is 23.0 Å². The maximum Gasteiger partial charge on any atom is 0.124 e. The first-order chi connectivity index (χ1) is 55.7. The molecule has 16 aromatic rings. The largest absolute Gasteiger partial charge is 0.507 e. The van der Waals surface area contributed by atoms with Crippen LogP contribution in [0.5, 0.6) is 23.0 Å². The van der Waals surface area contributed by atoms with E-state index in [9.17, 15) is 20.4 Å². The minimum Gasteiger partial charge on any atom is -0.507 e. The zero-order valence-electron chi connectivity index (χ0n) is 64.2. The molecule has 0 spiro atoms. The molecular formula is C106H80N4O4Pt2. The van der Waals surface area contributed by atoms with Crippen molar-refractivity contribution in [1.82, 2.24) is 0 Å². The molecule has 0 saturated heterocycles. The van der Waals surface area contributed by atoms with Crippen molar-refractivity contribution >= 4 is 47.6 Å². The zero-order chi connectivity index (χ0) is 77.9. The molecule has 18 rings (SSSR count). The van der Waals surface area contributed by atoms with Crippen molar-refractivity contribution in [1.29, 1.82) is 0 Å². The van der Waals surface area contributed by atoms with Gasteiger partial charge in [-0.2, -0.15) is 0 Å². The number of hydrogen-bond donors (Lipinski definition) is 4. The van der Waals surface area contributed by atoms with Gasteiger partial charge in [0.05, 0.1) is 22.7 Å². The van der Waals surface area contributed by atoms with Gasteiger partial charge in [-0.3, -0.25) is 20.0 Å². The topological polar surface area (TPSA) is 130 Å². The molecule has 2 aliphatic carbocycles. The minimum atomic E-state index is -0.0945. The predicted octanol–water partition coefficient (Wildman–Crippen LogP) is 27.1. The summed E-state index contributed by atoms with van der Waals surface area (Å²) < 4.78 is 0. The molecule has 0 saturated carbocycles. The second-order valence-corrected chi connectivity index (χ2v) is 29.9. The number of para-hydroxylation sites is 4. The number of nitrogens with zero attached hydrogens (tertiary/aromatic N) is 4. The molecule has 0 aromatic heterocycles. The molecule has 0 radical (unpaired) electrons. The Morgan fingerprint density at radius 1 is 0.198 bits per heavy atom. The van der Waals surface area contributed by atoms with E-state index >= 15 is 0 Å². The normalized spacial score (nSPS) is 12.7. The van der Waals surface area contributed by atoms with Crippen LogP contribution in [0.1, 0.15) is 72.2 Å². The first-order valence-electron chi connectivity index (χ1n) is 38.3. The van der Waals surface area contributed by atoms with Crippen LogP contribution in [0.2, 0.25) is 0 Å². The van der Waals surface area contributed by atoms with Crippen molar-refractivity contribution < 1.29 is 62.6 Å². The number of fused-ring (bicyclic) bond motifs is 6. The van der Waals surface area contributed by atoms with Crippen LogP contribution in [0.4, 0.5) is 22.7 Å². The van der Waals surface area contributed by atoms with Gasteiger partial charge in [-0.15, -0.1) is 0 Å². The van der Waals surface area contributed by atoms with Crippen molar-refractivity contribution in [3.05, 3.63) is 408 Å². The third-order valence-electron chi connectivity index (χ3n) is 22.1. The van der Waals surface area contributed by atoms with E-state index in [0.717, 1.165) is 89.0 Å². The fourth-order valence-electron chi connectivity index (χ4n) is 16.1. The number of benzene rings is 16. The van der Waals surface area contributed by atoms with Gasteiger partial charge >= 0.3 is 0 Å². The van der Waals surface area contributed by atoms with Gasteiger partial charge < -0.3 is 20.4 Å². The van der Waals surface area contributed by atoms with Crippen LogP contribution < -0.4 is 0 Å². The van der Waals surface area contributed by atoms with Crippen LogP contribution in [0.25, 0.3) is 111 Å². The first-order valence-corrected chi connectivity index (χ1v) is 38.3. The number of rotatable bonds is 16. The Bertz CT molecular complexity index is 5970. The van der Waals surface area contributed by atoms with Crippen LogP contribution >= 0.6 is 0 Å². The molecule has 0 fully saturated rings. The number of phenolic OH excluding ortho intramolecular Hbond substituents is 4. The van der Waals surface area contributed by atoms with Crippen molar-refractivity contribution in [2.45, 2.75) is 38.5 Å². The smallest absolute Gasteiger partial charge is 0.124 e. The molecule has 10 heteroatoms. The summed E-state index contributed by atoms with van der Waals surface area (Å²) in [4.78, 5) is 19.0. The van der Waals surface area contributed by atoms with Gasteiger partial charge in [0.2, 0.25) is 0 Å². The molecule has 0 amide bonds. The fraction of sp³-hybridized carbons (Fsp3) is 0.0566. The van der Waals surface area contributed by atoms with E-state index in [-0.39, 0.29) is 76.0 Å². The Morgan fingerprint density at radius 2 is 0.422 bits per heavy atom. The van der Waals surface area contributed by atoms with E-state index in [2.05, 4.69) is 198 Å². The Kier molecular flexibility index (Phi) is 22.8. The minimum absolute atomic E-state index is 0. The molecule has 0 bridgehead atoms. The third-order valence-corrected chi connectivity index (χ3v) is 22.1. The van der Waals surface area contributed by atoms with Gasteiger partial charge in [0, 0.05) is 100 Å². The number of hydrogen-bond acceptors (Lipinski definition) is 8. The number of phenols is 4. The zero-order valence-corrected chi connectivity index (χ0v) is 68.7. The van der Waals surface area contributed by atoms with Crippen LogP contribution in [0.15, 0.2) is 384 Å². The van der Waals surface area contributed by atoms with Crippen LogP contribution in [0.3, 0.4) is 0 Å². The van der Waals surface area contributed by atoms with Crippen LogP contribution in [-0.2, 0) is 53.0 Å². The van der Waals surface area contributed by atoms with Gasteiger partial charge in [-0.05, 0) is 218 Å². The summed E-state index contributed by atoms with van der Waals surface area (Å²) in [6.45, 7) is 9.09. The van der Waals surface area contributed by atoms with E-state index in [1.54, 1.807) is 37.0 Å². The van der Waals surface area contributed by atoms with Crippen molar-refractivity contribution in [3.8, 4) is 134 Å². The summed E-state index contributed by atoms with van der Waals surface area (Å²) in [6.07, 6.45) is 6.65. The second kappa shape index (κ2) is 33.8. The van der Waals surface area contributed by atoms with Crippen LogP contribution in [0, 0.1) is 0 Å². The molecular weight excluding hydrogens is 1780 g/mol. The summed E-state index contributed by atoms with van der Waals surface area (Å²) in [7, 11) is 0. The van der Waals surface area contributed by atoms with Crippen molar-refractivity contribution in [2.75, 3.05) is 0 Å². The molecule has 0 heterocycles. The summed E-state index contributed by atoms with van der Waals surface area (Å²) in [6, 6.07) is 122. The van der Waals surface area contributed by atoms with Gasteiger partial charge in [-0.25, -0.2) is 0 Å². The maximum atomic E-state index is 11.4. The summed E-state index contributed by atoms with van der Waals surface area (Å²) >= 11 is 0. The molecule has 2 aliphatic rings. The monoisotopic (exact) mass is 1860 g/mol. The maximum absolute atomic E-state index is 11.4. The molecule has 116 heavy (non-hydrogen) atoms. The third kappa shape index (κ3) is 15.7. The molecule has 568 valence electrons. The molecule has 0 aliphatic heterocycles. The van der Waals surface area contributed by atoms with E-state index in [4.69, 9.17) is 20.0 Å². The molecule has 8 nitrogen and oxygen atoms in total. The first kappa shape index (κ1) is 78.1. The second-order valence-electron chi connectivity index (χ2n) is 29.9. The Morgan fingerprint density at radius 3 is 0.716 bits per heavy atom. The van der Waals surface area contributed by atoms with E-state index < -0.39 is 0 Å². The summed E-state index contributed by atoms with van der Waals surface area (Å²) in [5.41, 5.74) is 31.8. The number of aliphatic imine (C=N–C) groups is 4. The molecule has 16 aromatic carbocycles. The average molecular weight is 1860 g/mol. The van der Waals surface area contributed by atoms with E-state index in [1.807, 2.05) is 182 Å². The molecule has 4 N–H and O–H groups in total. The standard InChI is InChI=1S/C56H40N2O2.C50H40N2O2.2Pt/c59-53-35-43(55-47(39-17-5-1-6-18-39)25-15-26-48(55)40-19-7-2-8-20-40)31-33-45(53)37-57-51-29-13-14-30-52(51)58-38-46-34-32-44(36-54(46)60)56-49(41-21-9-3-10-22-41)27-16-28-50(56)42-23-11-4-12-24-42;1-49(2)41-13-7-5-11-37(41)39-23-21-31(25-43(39)49)33-17-19-35(47(53)27-33)29-51-45-15-9-10-16-46(45)52-30-36-20-18-34(28-48(36)54)32-22-24-40-38-12-6-8-14-42(38)50(3,4)44(40)26-32;;/h1-38,59-60H;5-30,53-54H,1-4H3;;. The molecule has 0 atom stereocenters. The van der Waals surface area contributed by atoms with Gasteiger partial charge in [0.15, 0.2) is 0 Å². The van der Waals surface area contributed by atoms with E-state index in [0.29, 0.717) is 45.0 Å². The SMILES string of the molecule is CC1(C)c2ccccc2-c2ccc(-c3ccc(C=Nc4ccccc4N=Cc4ccc(-c5ccc6c(c5)C(C)(C)c5ccccc5-6)cc4O)c(O)c3)cc21.Oc1cc(-c2c(-c3ccccc3)cccc2-c2ccccc2)ccc1C=Nc1ccccc1N=Cc1ccc(-c2c(-c3ccccc3)cccc2-c2ccccc2)cc1O.[Pt].[Pt]. The Labute approximate surface area is 705 Å². The Balaban J connectivity index is 0.000000180. The predicted molar refractivity (Wildman–Crippen MR) is 473 cm³/mol. The van der Waals surface area contributed by atoms with Crippen LogP contribution in [-0.4, -0.2) is 45.3 Å². The summed E-state index contributed by atoms with van der Waals surface area (Å²) in [5.74, 6) is 0.547. The van der Waals surface area contributed by atoms with Gasteiger partial charge in [0.25, 0.3) is 0 Å². The summed E-state index contributed by atoms with van der Waals surface area (Å²) in [5, 5.41) is 45.0. The fourth-order valence-corrected chi connectivity index (χ4v) is 16.1. The van der Waals surface area contributed by atoms with Crippen molar-refractivity contribution in [3.63, 3.8) is 0 Å².